The van der Waals surface area contributed by atoms with Gasteiger partial charge in [-0.1, -0.05) is 18.2 Å². The van der Waals surface area contributed by atoms with Crippen molar-refractivity contribution in [1.29, 1.82) is 0 Å². The maximum absolute atomic E-state index is 12.5. The van der Waals surface area contributed by atoms with Crippen molar-refractivity contribution in [2.75, 3.05) is 0 Å². The van der Waals surface area contributed by atoms with Crippen LogP contribution in [0.4, 0.5) is 0 Å². The van der Waals surface area contributed by atoms with Gasteiger partial charge in [0.05, 0.1) is 10.8 Å². The topological polar surface area (TPSA) is 119 Å². The fourth-order valence-corrected chi connectivity index (χ4v) is 3.45. The average Bonchev–Trinajstić information content (AvgIpc) is 2.63. The van der Waals surface area contributed by atoms with Crippen molar-refractivity contribution in [3.8, 4) is 11.5 Å². The highest BCUT2D eigenvalue weighted by Crippen LogP contribution is 2.44. The second-order valence-corrected chi connectivity index (χ2v) is 5.73. The van der Waals surface area contributed by atoms with Gasteiger partial charge in [-0.05, 0) is 18.2 Å². The third kappa shape index (κ3) is 1.62. The molecule has 0 aliphatic rings. The van der Waals surface area contributed by atoms with E-state index in [9.17, 15) is 19.6 Å². The molecule has 0 amide bonds. The molecule has 26 heavy (non-hydrogen) atoms. The van der Waals surface area contributed by atoms with Gasteiger partial charge in [-0.2, -0.15) is 0 Å². The third-order valence-electron chi connectivity index (χ3n) is 4.46. The van der Waals surface area contributed by atoms with Crippen LogP contribution in [0.15, 0.2) is 60.2 Å². The first-order valence-corrected chi connectivity index (χ1v) is 7.51. The summed E-state index contributed by atoms with van der Waals surface area (Å²) in [6.45, 7) is 0. The van der Waals surface area contributed by atoms with Crippen molar-refractivity contribution < 1.29 is 18.8 Å². The molecule has 0 spiro atoms. The smallest absolute Gasteiger partial charge is 0.348 e. The van der Waals surface area contributed by atoms with Crippen molar-refractivity contribution in [3.05, 3.63) is 62.1 Å². The molecule has 2 heterocycles. The van der Waals surface area contributed by atoms with Crippen molar-refractivity contribution >= 4 is 43.5 Å². The Hall–Kier alpha value is -3.94. The molecule has 2 aromatic heterocycles. The predicted molar refractivity (Wildman–Crippen MR) is 92.8 cm³/mol. The van der Waals surface area contributed by atoms with Crippen LogP contribution in [0.1, 0.15) is 0 Å². The largest absolute Gasteiger partial charge is 0.506 e. The molecule has 0 saturated carbocycles. The predicted octanol–water partition coefficient (Wildman–Crippen LogP) is 3.41. The quantitative estimate of drug-likeness (QED) is 0.170. The first kappa shape index (κ1) is 14.4. The Labute approximate surface area is 142 Å². The Kier molecular flexibility index (Phi) is 2.65. The van der Waals surface area contributed by atoms with E-state index in [1.807, 2.05) is 0 Å². The molecule has 0 radical (unpaired) electrons. The Morgan fingerprint density at radius 3 is 2.42 bits per heavy atom. The van der Waals surface area contributed by atoms with Crippen molar-refractivity contribution in [2.45, 2.75) is 0 Å². The van der Waals surface area contributed by atoms with Gasteiger partial charge in [-0.15, -0.1) is 4.91 Å². The summed E-state index contributed by atoms with van der Waals surface area (Å²) in [5.74, 6) is -0.378. The summed E-state index contributed by atoms with van der Waals surface area (Å²) < 4.78 is 10.7. The fourth-order valence-electron chi connectivity index (χ4n) is 3.45. The molecule has 5 aromatic rings. The molecule has 8 nitrogen and oxygen atoms in total. The second-order valence-electron chi connectivity index (χ2n) is 5.73. The van der Waals surface area contributed by atoms with Crippen molar-refractivity contribution in [3.63, 3.8) is 0 Å². The summed E-state index contributed by atoms with van der Waals surface area (Å²) >= 11 is 0. The number of phenols is 1. The summed E-state index contributed by atoms with van der Waals surface area (Å²) in [6, 6.07) is 9.06. The van der Waals surface area contributed by atoms with E-state index in [-0.39, 0.29) is 49.6 Å². The van der Waals surface area contributed by atoms with Gasteiger partial charge in [0.2, 0.25) is 0 Å². The number of aromatic hydroxyl groups is 1. The number of hydrogen-bond donors (Lipinski definition) is 1. The zero-order valence-corrected chi connectivity index (χ0v) is 12.8. The highest BCUT2D eigenvalue weighted by Gasteiger charge is 2.24. The molecule has 0 aliphatic carbocycles. The minimum Gasteiger partial charge on any atom is -0.506 e. The maximum atomic E-state index is 12.5. The summed E-state index contributed by atoms with van der Waals surface area (Å²) in [6.07, 6.45) is 0. The SMILES string of the molecule is O=NOc1cccc2c(O)c3c(=O)oc4cccc5c(=O)oc(c12)c3c45. The Morgan fingerprint density at radius 1 is 0.846 bits per heavy atom. The first-order valence-electron chi connectivity index (χ1n) is 7.51. The number of phenolic OH excluding ortho intramolecular Hbond substituents is 1. The van der Waals surface area contributed by atoms with E-state index in [0.717, 1.165) is 0 Å². The van der Waals surface area contributed by atoms with Crippen LogP contribution in [-0.2, 0) is 0 Å². The van der Waals surface area contributed by atoms with Crippen LogP contribution in [0.25, 0.3) is 43.5 Å². The van der Waals surface area contributed by atoms with E-state index in [1.165, 1.54) is 24.3 Å². The molecule has 126 valence electrons. The summed E-state index contributed by atoms with van der Waals surface area (Å²) in [7, 11) is 0. The number of fused-ring (bicyclic) bond motifs is 2. The number of hydrogen-bond acceptors (Lipinski definition) is 8. The first-order chi connectivity index (χ1) is 12.6. The van der Waals surface area contributed by atoms with Gasteiger partial charge in [0, 0.05) is 16.2 Å². The van der Waals surface area contributed by atoms with Crippen LogP contribution in [0.3, 0.4) is 0 Å². The molecule has 0 unspecified atom stereocenters. The lowest BCUT2D eigenvalue weighted by Crippen LogP contribution is -2.07. The van der Waals surface area contributed by atoms with Gasteiger partial charge < -0.3 is 18.8 Å². The number of rotatable bonds is 2. The zero-order chi connectivity index (χ0) is 18.0. The molecule has 3 aromatic carbocycles. The van der Waals surface area contributed by atoms with Gasteiger partial charge in [-0.3, -0.25) is 0 Å². The number of nitrogens with zero attached hydrogens (tertiary/aromatic N) is 1. The van der Waals surface area contributed by atoms with Crippen molar-refractivity contribution in [2.24, 2.45) is 5.34 Å². The Bertz CT molecular complexity index is 1480. The highest BCUT2D eigenvalue weighted by atomic mass is 16.7. The summed E-state index contributed by atoms with van der Waals surface area (Å²) in [5, 5.41) is 14.1. The molecule has 5 rings (SSSR count). The average molecular weight is 349 g/mol. The van der Waals surface area contributed by atoms with Gasteiger partial charge in [0.15, 0.2) is 16.7 Å². The molecule has 0 bridgehead atoms. The summed E-state index contributed by atoms with van der Waals surface area (Å²) in [4.78, 5) is 40.3. The molecule has 8 heteroatoms. The van der Waals surface area contributed by atoms with E-state index < -0.39 is 11.3 Å². The van der Waals surface area contributed by atoms with Crippen LogP contribution >= 0.6 is 0 Å². The minimum atomic E-state index is -0.775. The Morgan fingerprint density at radius 2 is 1.62 bits per heavy atom. The van der Waals surface area contributed by atoms with Crippen molar-refractivity contribution in [1.82, 2.24) is 0 Å². The van der Waals surface area contributed by atoms with Gasteiger partial charge in [-0.25, -0.2) is 9.59 Å². The zero-order valence-electron chi connectivity index (χ0n) is 12.8. The van der Waals surface area contributed by atoms with E-state index in [4.69, 9.17) is 13.7 Å². The van der Waals surface area contributed by atoms with E-state index in [0.29, 0.717) is 5.39 Å². The standard InChI is InChI=1S/C18H7NO7/c20-15-7-3-1-6-10(26-19-23)12(7)16-13-11-8(17(21)25-16)4-2-5-9(11)24-18(22)14(13)15/h1-6,20H. The monoisotopic (exact) mass is 349 g/mol. The molecule has 0 aliphatic heterocycles. The van der Waals surface area contributed by atoms with E-state index in [2.05, 4.69) is 5.34 Å². The van der Waals surface area contributed by atoms with Gasteiger partial charge in [0.25, 0.3) is 0 Å². The van der Waals surface area contributed by atoms with E-state index in [1.54, 1.807) is 12.1 Å². The molecule has 1 N–H and O–H groups in total. The van der Waals surface area contributed by atoms with Gasteiger partial charge >= 0.3 is 11.3 Å². The van der Waals surface area contributed by atoms with E-state index >= 15 is 0 Å². The molecule has 0 fully saturated rings. The second kappa shape index (κ2) is 4.79. The normalized spacial score (nSPS) is 11.7. The molecular formula is C18H7NO7. The number of benzene rings is 3. The van der Waals surface area contributed by atoms with Crippen LogP contribution < -0.4 is 16.1 Å². The molecule has 0 atom stereocenters. The third-order valence-corrected chi connectivity index (χ3v) is 4.46. The lowest BCUT2D eigenvalue weighted by molar-refractivity contribution is 0.339. The van der Waals surface area contributed by atoms with Crippen LogP contribution in [0.5, 0.6) is 11.5 Å². The van der Waals surface area contributed by atoms with Crippen LogP contribution in [-0.4, -0.2) is 5.11 Å². The lowest BCUT2D eigenvalue weighted by atomic mass is 9.97. The maximum Gasteiger partial charge on any atom is 0.348 e. The highest BCUT2D eigenvalue weighted by molar-refractivity contribution is 6.28. The van der Waals surface area contributed by atoms with Crippen LogP contribution in [0, 0.1) is 4.91 Å². The molecule has 0 saturated heterocycles. The lowest BCUT2D eigenvalue weighted by Gasteiger charge is -2.12. The fraction of sp³-hybridized carbons (Fsp3) is 0. The minimum absolute atomic E-state index is 0.00801. The summed E-state index contributed by atoms with van der Waals surface area (Å²) in [5.41, 5.74) is -1.24. The van der Waals surface area contributed by atoms with Gasteiger partial charge in [0.1, 0.15) is 16.7 Å². The molecular weight excluding hydrogens is 342 g/mol. The van der Waals surface area contributed by atoms with Crippen LogP contribution in [0.2, 0.25) is 0 Å². The Balaban J connectivity index is 2.26.